The van der Waals surface area contributed by atoms with Gasteiger partial charge in [-0.05, 0) is 94.2 Å². The number of ether oxygens (including phenoxy) is 10. The molecule has 6 fully saturated rings. The van der Waals surface area contributed by atoms with Gasteiger partial charge in [-0.25, -0.2) is 0 Å². The molecule has 6 saturated heterocycles. The molecule has 0 spiro atoms. The van der Waals surface area contributed by atoms with Crippen LogP contribution in [0.2, 0.25) is 0 Å². The summed E-state index contributed by atoms with van der Waals surface area (Å²) in [5.41, 5.74) is 0. The molecule has 0 aromatic rings. The minimum Gasteiger partial charge on any atom is -0.396 e. The lowest BCUT2D eigenvalue weighted by Gasteiger charge is -2.41. The molecule has 0 saturated carbocycles. The number of hydrogen-bond donors (Lipinski definition) is 4. The van der Waals surface area contributed by atoms with Crippen LogP contribution in [0.4, 0.5) is 0 Å². The Hall–Kier alpha value is -0.560. The van der Waals surface area contributed by atoms with Crippen LogP contribution in [0.25, 0.3) is 0 Å². The lowest BCUT2D eigenvalue weighted by atomic mass is 9.92. The molecule has 6 aliphatic rings. The third kappa shape index (κ3) is 9.03. The van der Waals surface area contributed by atoms with E-state index in [2.05, 4.69) is 10.6 Å². The highest BCUT2D eigenvalue weighted by Gasteiger charge is 2.63. The van der Waals surface area contributed by atoms with Crippen molar-refractivity contribution in [2.24, 2.45) is 0 Å². The molecule has 6 rings (SSSR count). The number of nitrogens with one attached hydrogen (secondary N) is 2. The fourth-order valence-electron chi connectivity index (χ4n) is 8.51. The van der Waals surface area contributed by atoms with Gasteiger partial charge in [0.05, 0.1) is 0 Å². The van der Waals surface area contributed by atoms with Gasteiger partial charge in [0.15, 0.2) is 35.7 Å². The summed E-state index contributed by atoms with van der Waals surface area (Å²) in [7, 11) is 0. The molecular formula is C36H64N2O12. The molecule has 14 nitrogen and oxygen atoms in total. The fraction of sp³-hybridized carbons (Fsp3) is 1.00. The van der Waals surface area contributed by atoms with Crippen molar-refractivity contribution in [3.05, 3.63) is 0 Å². The number of rotatable bonds is 17. The summed E-state index contributed by atoms with van der Waals surface area (Å²) in [6.45, 7) is 16.9. The van der Waals surface area contributed by atoms with Gasteiger partial charge in [0.1, 0.15) is 48.8 Å². The smallest absolute Gasteiger partial charge is 0.190 e. The number of fused-ring (bicyclic) bond motifs is 6. The molecule has 0 aromatic heterocycles. The minimum atomic E-state index is -0.769. The van der Waals surface area contributed by atoms with Gasteiger partial charge >= 0.3 is 0 Å². The predicted octanol–water partition coefficient (Wildman–Crippen LogP) is 2.80. The minimum absolute atomic E-state index is 0.0394. The molecule has 6 aliphatic heterocycles. The Morgan fingerprint density at radius 1 is 0.440 bits per heavy atom. The van der Waals surface area contributed by atoms with Crippen LogP contribution in [0.3, 0.4) is 0 Å². The summed E-state index contributed by atoms with van der Waals surface area (Å²) < 4.78 is 62.5. The Kier molecular flexibility index (Phi) is 12.3. The zero-order valence-electron chi connectivity index (χ0n) is 31.4. The summed E-state index contributed by atoms with van der Waals surface area (Å²) in [5, 5.41) is 27.1. The fourth-order valence-corrected chi connectivity index (χ4v) is 8.51. The van der Waals surface area contributed by atoms with E-state index in [4.69, 9.17) is 47.4 Å². The van der Waals surface area contributed by atoms with E-state index in [0.717, 1.165) is 51.6 Å². The third-order valence-electron chi connectivity index (χ3n) is 10.5. The van der Waals surface area contributed by atoms with Crippen molar-refractivity contribution in [2.75, 3.05) is 26.3 Å². The standard InChI is InChI=1S/C36H64N2O12/c1-33(2)43-25-23(41-31-29(27(25)45-33)47-35(5,6)49-31)21(15-19-39)37-17-13-11-9-10-12-14-18-38-22(16-20-40)24-26-28(46-34(3,4)44-26)30-32(42-24)50-36(7,8)48-30/h21-32,37-40H,9-20H2,1-8H3/t21?,22?,23-,24-,25+,26+,27+,28+,29-,30-,31-,32-/m1/s1. The van der Waals surface area contributed by atoms with Crippen molar-refractivity contribution >= 4 is 0 Å². The van der Waals surface area contributed by atoms with Crippen LogP contribution in [0, 0.1) is 0 Å². The highest BCUT2D eigenvalue weighted by molar-refractivity contribution is 5.04. The maximum Gasteiger partial charge on any atom is 0.190 e. The summed E-state index contributed by atoms with van der Waals surface area (Å²) in [6.07, 6.45) is 3.79. The maximum atomic E-state index is 9.91. The lowest BCUT2D eigenvalue weighted by molar-refractivity contribution is -0.240. The van der Waals surface area contributed by atoms with Gasteiger partial charge in [0.25, 0.3) is 0 Å². The molecule has 14 heteroatoms. The highest BCUT2D eigenvalue weighted by Crippen LogP contribution is 2.46. The molecule has 4 N–H and O–H groups in total. The molecule has 0 amide bonds. The van der Waals surface area contributed by atoms with Crippen LogP contribution in [0.5, 0.6) is 0 Å². The molecular weight excluding hydrogens is 652 g/mol. The molecule has 0 radical (unpaired) electrons. The number of hydrogen-bond acceptors (Lipinski definition) is 14. The lowest BCUT2D eigenvalue weighted by Crippen LogP contribution is -2.61. The summed E-state index contributed by atoms with van der Waals surface area (Å²) in [6, 6.07) is -0.228. The van der Waals surface area contributed by atoms with Crippen LogP contribution in [0.1, 0.15) is 107 Å². The van der Waals surface area contributed by atoms with Crippen LogP contribution in [-0.4, -0.2) is 133 Å². The van der Waals surface area contributed by atoms with Gasteiger partial charge in [0, 0.05) is 25.3 Å². The average Bonchev–Trinajstić information content (AvgIpc) is 3.72. The van der Waals surface area contributed by atoms with Gasteiger partial charge in [-0.1, -0.05) is 25.7 Å². The summed E-state index contributed by atoms with van der Waals surface area (Å²) in [5.74, 6) is -3.06. The van der Waals surface area contributed by atoms with E-state index in [1.54, 1.807) is 0 Å². The maximum absolute atomic E-state index is 9.91. The number of unbranched alkanes of at least 4 members (excludes halogenated alkanes) is 5. The molecule has 12 atom stereocenters. The van der Waals surface area contributed by atoms with Crippen molar-refractivity contribution in [3.8, 4) is 0 Å². The molecule has 0 aliphatic carbocycles. The van der Waals surface area contributed by atoms with E-state index >= 15 is 0 Å². The zero-order valence-corrected chi connectivity index (χ0v) is 31.4. The summed E-state index contributed by atoms with van der Waals surface area (Å²) in [4.78, 5) is 0. The first-order valence-corrected chi connectivity index (χ1v) is 19.0. The van der Waals surface area contributed by atoms with E-state index in [1.165, 1.54) is 0 Å². The predicted molar refractivity (Wildman–Crippen MR) is 180 cm³/mol. The van der Waals surface area contributed by atoms with E-state index in [0.29, 0.717) is 12.8 Å². The van der Waals surface area contributed by atoms with E-state index in [9.17, 15) is 10.2 Å². The highest BCUT2D eigenvalue weighted by atomic mass is 16.9. The Balaban J connectivity index is 0.907. The molecule has 6 heterocycles. The Labute approximate surface area is 297 Å². The Bertz CT molecular complexity index is 1020. The number of aliphatic hydroxyl groups is 2. The second-order valence-electron chi connectivity index (χ2n) is 16.5. The molecule has 0 aromatic carbocycles. The average molecular weight is 717 g/mol. The van der Waals surface area contributed by atoms with E-state index in [-0.39, 0.29) is 74.1 Å². The van der Waals surface area contributed by atoms with Crippen molar-refractivity contribution in [3.63, 3.8) is 0 Å². The molecule has 290 valence electrons. The first-order chi connectivity index (χ1) is 23.6. The topological polar surface area (TPSA) is 157 Å². The van der Waals surface area contributed by atoms with Gasteiger partial charge in [-0.3, -0.25) is 0 Å². The zero-order chi connectivity index (χ0) is 35.9. The molecule has 50 heavy (non-hydrogen) atoms. The van der Waals surface area contributed by atoms with Crippen molar-refractivity contribution in [1.29, 1.82) is 0 Å². The quantitative estimate of drug-likeness (QED) is 0.163. The Morgan fingerprint density at radius 3 is 1.14 bits per heavy atom. The van der Waals surface area contributed by atoms with Crippen LogP contribution < -0.4 is 10.6 Å². The van der Waals surface area contributed by atoms with Crippen molar-refractivity contribution < 1.29 is 57.6 Å². The first-order valence-electron chi connectivity index (χ1n) is 19.0. The molecule has 2 unspecified atom stereocenters. The van der Waals surface area contributed by atoms with E-state index in [1.807, 2.05) is 55.4 Å². The third-order valence-corrected chi connectivity index (χ3v) is 10.5. The van der Waals surface area contributed by atoms with Gasteiger partial charge < -0.3 is 68.2 Å². The Morgan fingerprint density at radius 2 is 0.760 bits per heavy atom. The molecule has 0 bridgehead atoms. The number of aliphatic hydroxyl groups excluding tert-OH is 2. The van der Waals surface area contributed by atoms with Gasteiger partial charge in [-0.2, -0.15) is 0 Å². The normalized spacial score (nSPS) is 40.2. The van der Waals surface area contributed by atoms with Crippen molar-refractivity contribution in [2.45, 2.75) is 203 Å². The second kappa shape index (κ2) is 15.7. The monoisotopic (exact) mass is 716 g/mol. The summed E-state index contributed by atoms with van der Waals surface area (Å²) >= 11 is 0. The van der Waals surface area contributed by atoms with Crippen LogP contribution in [0.15, 0.2) is 0 Å². The van der Waals surface area contributed by atoms with Crippen LogP contribution in [-0.2, 0) is 47.4 Å². The van der Waals surface area contributed by atoms with Gasteiger partial charge in [0.2, 0.25) is 0 Å². The SMILES string of the molecule is CC1(C)O[C@H]2[C@@H](O1)[C@@H](C(CCO)NCCCCCCCCNC(CCO)[C@H]1O[C@@H]3OC(C)(C)O[C@@H]3[C@H]3OC(C)(C)O[C@H]31)O[C@@H]1OC(C)(C)O[C@@H]12. The first kappa shape index (κ1) is 39.1. The largest absolute Gasteiger partial charge is 0.396 e. The van der Waals surface area contributed by atoms with Gasteiger partial charge in [-0.15, -0.1) is 0 Å². The van der Waals surface area contributed by atoms with E-state index < -0.39 is 35.7 Å². The van der Waals surface area contributed by atoms with Crippen molar-refractivity contribution in [1.82, 2.24) is 10.6 Å². The van der Waals surface area contributed by atoms with Crippen LogP contribution >= 0.6 is 0 Å². The second-order valence-corrected chi connectivity index (χ2v) is 16.5.